The average Bonchev–Trinajstić information content (AvgIpc) is 3.29. The zero-order valence-corrected chi connectivity index (χ0v) is 23.3. The SMILES string of the molecule is CCOC(=O)C(OC(C)(C)C)c1c(C)cn2cc(-c3cccc(Cl)c3)nc2c1-c1ccc2c(c1)CCCO2. The summed E-state index contributed by atoms with van der Waals surface area (Å²) in [5, 5.41) is 0.646. The van der Waals surface area contributed by atoms with Crippen molar-refractivity contribution < 1.29 is 19.0 Å². The zero-order valence-electron chi connectivity index (χ0n) is 22.5. The number of pyridine rings is 1. The summed E-state index contributed by atoms with van der Waals surface area (Å²) in [5.41, 5.74) is 6.44. The maximum Gasteiger partial charge on any atom is 0.339 e. The number of esters is 1. The molecule has 0 spiro atoms. The van der Waals surface area contributed by atoms with Crippen molar-refractivity contribution in [3.63, 3.8) is 0 Å². The standard InChI is InChI=1S/C31H33ClN2O4/c1-6-36-30(35)28(38-31(3,4)5)26-19(2)17-34-18-24(20-9-7-11-23(32)16-20)33-29(34)27(26)22-12-13-25-21(15-22)10-8-14-37-25/h7,9,11-13,15-18,28H,6,8,10,14H2,1-5H3. The fourth-order valence-corrected chi connectivity index (χ4v) is 5.18. The van der Waals surface area contributed by atoms with Crippen molar-refractivity contribution in [3.05, 3.63) is 76.6 Å². The van der Waals surface area contributed by atoms with Crippen molar-refractivity contribution in [2.24, 2.45) is 0 Å². The number of imidazole rings is 1. The summed E-state index contributed by atoms with van der Waals surface area (Å²) in [6.45, 7) is 10.6. The number of carbonyl (C=O) groups excluding carboxylic acids is 1. The molecule has 0 fully saturated rings. The lowest BCUT2D eigenvalue weighted by atomic mass is 9.91. The van der Waals surface area contributed by atoms with E-state index in [0.717, 1.165) is 69.9 Å². The van der Waals surface area contributed by atoms with Gasteiger partial charge in [-0.15, -0.1) is 0 Å². The Balaban J connectivity index is 1.80. The van der Waals surface area contributed by atoms with Crippen LogP contribution in [0.1, 0.15) is 56.9 Å². The molecule has 0 bridgehead atoms. The van der Waals surface area contributed by atoms with Gasteiger partial charge >= 0.3 is 5.97 Å². The second kappa shape index (κ2) is 10.4. The van der Waals surface area contributed by atoms with Crippen LogP contribution in [-0.2, 0) is 20.7 Å². The molecule has 0 aliphatic carbocycles. The number of hydrogen-bond acceptors (Lipinski definition) is 5. The van der Waals surface area contributed by atoms with Gasteiger partial charge < -0.3 is 18.6 Å². The van der Waals surface area contributed by atoms with E-state index in [-0.39, 0.29) is 6.61 Å². The minimum atomic E-state index is -0.923. The summed E-state index contributed by atoms with van der Waals surface area (Å²) >= 11 is 6.29. The molecule has 6 nitrogen and oxygen atoms in total. The predicted molar refractivity (Wildman–Crippen MR) is 150 cm³/mol. The molecule has 7 heteroatoms. The summed E-state index contributed by atoms with van der Waals surface area (Å²) in [6.07, 6.45) is 4.96. The van der Waals surface area contributed by atoms with Crippen LogP contribution in [-0.4, -0.2) is 34.2 Å². The van der Waals surface area contributed by atoms with E-state index in [0.29, 0.717) is 5.02 Å². The molecular formula is C31H33ClN2O4. The second-order valence-electron chi connectivity index (χ2n) is 10.6. The Labute approximate surface area is 228 Å². The molecule has 38 heavy (non-hydrogen) atoms. The maximum absolute atomic E-state index is 13.4. The number of fused-ring (bicyclic) bond motifs is 2. The average molecular weight is 533 g/mol. The maximum atomic E-state index is 13.4. The van der Waals surface area contributed by atoms with Crippen LogP contribution in [0.15, 0.2) is 54.9 Å². The lowest BCUT2D eigenvalue weighted by Gasteiger charge is -2.29. The van der Waals surface area contributed by atoms with Gasteiger partial charge in [-0.1, -0.05) is 29.8 Å². The first kappa shape index (κ1) is 26.3. The Kier molecular flexibility index (Phi) is 7.21. The third-order valence-electron chi connectivity index (χ3n) is 6.53. The van der Waals surface area contributed by atoms with Gasteiger partial charge in [-0.3, -0.25) is 0 Å². The fourth-order valence-electron chi connectivity index (χ4n) is 4.99. The summed E-state index contributed by atoms with van der Waals surface area (Å²) in [7, 11) is 0. The number of ether oxygens (including phenoxy) is 3. The highest BCUT2D eigenvalue weighted by atomic mass is 35.5. The van der Waals surface area contributed by atoms with Crippen molar-refractivity contribution in [2.45, 2.75) is 59.2 Å². The van der Waals surface area contributed by atoms with Crippen LogP contribution in [0.5, 0.6) is 5.75 Å². The molecule has 0 saturated carbocycles. The van der Waals surface area contributed by atoms with Gasteiger partial charge in [0.15, 0.2) is 6.10 Å². The molecule has 4 aromatic rings. The van der Waals surface area contributed by atoms with Crippen LogP contribution in [0.25, 0.3) is 28.0 Å². The van der Waals surface area contributed by atoms with Crippen molar-refractivity contribution in [2.75, 3.05) is 13.2 Å². The topological polar surface area (TPSA) is 62.1 Å². The predicted octanol–water partition coefficient (Wildman–Crippen LogP) is 7.37. The zero-order chi connectivity index (χ0) is 27.0. The van der Waals surface area contributed by atoms with Gasteiger partial charge in [-0.05, 0) is 88.4 Å². The van der Waals surface area contributed by atoms with Crippen molar-refractivity contribution in [1.82, 2.24) is 9.38 Å². The molecule has 0 N–H and O–H groups in total. The van der Waals surface area contributed by atoms with Gasteiger partial charge in [0.05, 0.1) is 24.5 Å². The Morgan fingerprint density at radius 3 is 2.71 bits per heavy atom. The largest absolute Gasteiger partial charge is 0.493 e. The molecule has 5 rings (SSSR count). The number of rotatable bonds is 6. The van der Waals surface area contributed by atoms with Crippen LogP contribution in [0.3, 0.4) is 0 Å². The van der Waals surface area contributed by atoms with Gasteiger partial charge in [0, 0.05) is 34.1 Å². The number of hydrogen-bond donors (Lipinski definition) is 0. The van der Waals surface area contributed by atoms with Gasteiger partial charge in [0.2, 0.25) is 0 Å². The molecule has 1 unspecified atom stereocenters. The molecule has 0 radical (unpaired) electrons. The Bertz CT molecular complexity index is 1500. The summed E-state index contributed by atoms with van der Waals surface area (Å²) in [5.74, 6) is 0.486. The Morgan fingerprint density at radius 1 is 1.16 bits per heavy atom. The molecule has 1 atom stereocenters. The number of aromatic nitrogens is 2. The van der Waals surface area contributed by atoms with E-state index in [1.165, 1.54) is 0 Å². The first-order valence-corrected chi connectivity index (χ1v) is 13.4. The quantitative estimate of drug-likeness (QED) is 0.242. The van der Waals surface area contributed by atoms with E-state index in [4.69, 9.17) is 30.8 Å². The second-order valence-corrected chi connectivity index (χ2v) is 11.0. The van der Waals surface area contributed by atoms with Crippen LogP contribution in [0.4, 0.5) is 0 Å². The highest BCUT2D eigenvalue weighted by molar-refractivity contribution is 6.30. The molecule has 1 aliphatic rings. The van der Waals surface area contributed by atoms with E-state index in [9.17, 15) is 4.79 Å². The van der Waals surface area contributed by atoms with E-state index in [1.807, 2.05) is 80.9 Å². The van der Waals surface area contributed by atoms with E-state index < -0.39 is 17.7 Å². The normalized spacial score (nSPS) is 14.2. The third kappa shape index (κ3) is 5.29. The smallest absolute Gasteiger partial charge is 0.339 e. The molecule has 198 valence electrons. The van der Waals surface area contributed by atoms with E-state index in [2.05, 4.69) is 6.07 Å². The Hall–Kier alpha value is -3.35. The first-order valence-electron chi connectivity index (χ1n) is 13.0. The van der Waals surface area contributed by atoms with Gasteiger partial charge in [-0.25, -0.2) is 9.78 Å². The number of benzene rings is 2. The first-order chi connectivity index (χ1) is 18.1. The van der Waals surface area contributed by atoms with Gasteiger partial charge in [0.1, 0.15) is 11.4 Å². The Morgan fingerprint density at radius 2 is 1.97 bits per heavy atom. The van der Waals surface area contributed by atoms with Gasteiger partial charge in [-0.2, -0.15) is 0 Å². The van der Waals surface area contributed by atoms with E-state index in [1.54, 1.807) is 6.92 Å². The minimum absolute atomic E-state index is 0.262. The fraction of sp³-hybridized carbons (Fsp3) is 0.355. The highest BCUT2D eigenvalue weighted by Gasteiger charge is 2.34. The molecule has 0 saturated heterocycles. The van der Waals surface area contributed by atoms with Crippen LogP contribution in [0, 0.1) is 6.92 Å². The lowest BCUT2D eigenvalue weighted by molar-refractivity contribution is -0.166. The van der Waals surface area contributed by atoms with Crippen molar-refractivity contribution in [3.8, 4) is 28.1 Å². The van der Waals surface area contributed by atoms with E-state index >= 15 is 0 Å². The van der Waals surface area contributed by atoms with Crippen LogP contribution >= 0.6 is 11.6 Å². The molecule has 0 amide bonds. The number of aryl methyl sites for hydroxylation is 2. The number of carbonyl (C=O) groups is 1. The van der Waals surface area contributed by atoms with Crippen molar-refractivity contribution in [1.29, 1.82) is 0 Å². The van der Waals surface area contributed by atoms with Crippen molar-refractivity contribution >= 4 is 23.2 Å². The molecular weight excluding hydrogens is 500 g/mol. The lowest BCUT2D eigenvalue weighted by Crippen LogP contribution is -2.29. The van der Waals surface area contributed by atoms with Crippen LogP contribution in [0.2, 0.25) is 5.02 Å². The molecule has 2 aromatic carbocycles. The summed E-state index contributed by atoms with van der Waals surface area (Å²) in [4.78, 5) is 18.4. The van der Waals surface area contributed by atoms with Crippen LogP contribution < -0.4 is 4.74 Å². The summed E-state index contributed by atoms with van der Waals surface area (Å²) < 4.78 is 19.8. The monoisotopic (exact) mass is 532 g/mol. The molecule has 2 aromatic heterocycles. The minimum Gasteiger partial charge on any atom is -0.493 e. The molecule has 1 aliphatic heterocycles. The van der Waals surface area contributed by atoms with Gasteiger partial charge in [0.25, 0.3) is 0 Å². The number of nitrogens with zero attached hydrogens (tertiary/aromatic N) is 2. The number of halogens is 1. The molecule has 3 heterocycles. The highest BCUT2D eigenvalue weighted by Crippen LogP contribution is 2.41. The third-order valence-corrected chi connectivity index (χ3v) is 6.77. The summed E-state index contributed by atoms with van der Waals surface area (Å²) in [6, 6.07) is 13.8.